The Labute approximate surface area is 123 Å². The zero-order valence-corrected chi connectivity index (χ0v) is 12.0. The number of nitrogen functional groups attached to an aromatic ring is 1. The Kier molecular flexibility index (Phi) is 4.57. The van der Waals surface area contributed by atoms with Crippen LogP contribution >= 0.6 is 0 Å². The molecule has 3 N–H and O–H groups in total. The Hall–Kier alpha value is -2.37. The van der Waals surface area contributed by atoms with E-state index in [1.54, 1.807) is 24.3 Å². The number of nitrogens with two attached hydrogens (primary N) is 1. The van der Waals surface area contributed by atoms with E-state index in [0.717, 1.165) is 0 Å². The first kappa shape index (κ1) is 15.0. The topological polar surface area (TPSA) is 92.5 Å². The first-order valence-corrected chi connectivity index (χ1v) is 6.94. The molecule has 0 atom stereocenters. The minimum absolute atomic E-state index is 0.0878. The first-order chi connectivity index (χ1) is 9.95. The van der Waals surface area contributed by atoms with E-state index in [9.17, 15) is 14.4 Å². The smallest absolute Gasteiger partial charge is 0.229 e. The summed E-state index contributed by atoms with van der Waals surface area (Å²) in [7, 11) is 0. The van der Waals surface area contributed by atoms with Crippen molar-refractivity contribution in [1.29, 1.82) is 0 Å². The highest BCUT2D eigenvalue weighted by Crippen LogP contribution is 2.19. The molecule has 0 aliphatic carbocycles. The molecule has 1 aromatic rings. The van der Waals surface area contributed by atoms with Crippen molar-refractivity contribution in [3.8, 4) is 0 Å². The summed E-state index contributed by atoms with van der Waals surface area (Å²) in [5.41, 5.74) is 6.82. The Morgan fingerprint density at radius 1 is 1.24 bits per heavy atom. The lowest BCUT2D eigenvalue weighted by Gasteiger charge is -2.28. The molecule has 112 valence electrons. The van der Waals surface area contributed by atoms with Crippen molar-refractivity contribution < 1.29 is 14.4 Å². The number of likely N-dealkylation sites (tertiary alicyclic amines) is 1. The highest BCUT2D eigenvalue weighted by molar-refractivity contribution is 5.98. The predicted molar refractivity (Wildman–Crippen MR) is 79.2 cm³/mol. The molecule has 1 aliphatic heterocycles. The van der Waals surface area contributed by atoms with Crippen molar-refractivity contribution in [3.05, 3.63) is 24.3 Å². The fourth-order valence-corrected chi connectivity index (χ4v) is 2.28. The van der Waals surface area contributed by atoms with Crippen molar-refractivity contribution in [2.75, 3.05) is 17.6 Å². The van der Waals surface area contributed by atoms with Crippen LogP contribution in [0.5, 0.6) is 0 Å². The zero-order chi connectivity index (χ0) is 15.4. The number of amides is 3. The normalized spacial score (nSPS) is 16.1. The lowest BCUT2D eigenvalue weighted by atomic mass is 9.98. The lowest BCUT2D eigenvalue weighted by Crippen LogP contribution is -2.43. The quantitative estimate of drug-likeness (QED) is 0.647. The first-order valence-electron chi connectivity index (χ1n) is 6.94. The van der Waals surface area contributed by atoms with Gasteiger partial charge in [-0.15, -0.1) is 0 Å². The Balaban J connectivity index is 1.85. The van der Waals surface area contributed by atoms with E-state index in [4.69, 9.17) is 5.73 Å². The summed E-state index contributed by atoms with van der Waals surface area (Å²) < 4.78 is 0. The number of carbonyl (C=O) groups is 3. The van der Waals surface area contributed by atoms with E-state index in [2.05, 4.69) is 5.32 Å². The van der Waals surface area contributed by atoms with Crippen molar-refractivity contribution in [2.24, 2.45) is 5.92 Å². The molecule has 1 aromatic carbocycles. The molecule has 2 rings (SSSR count). The number of benzene rings is 1. The van der Waals surface area contributed by atoms with Gasteiger partial charge in [-0.3, -0.25) is 19.3 Å². The summed E-state index contributed by atoms with van der Waals surface area (Å²) in [4.78, 5) is 36.6. The van der Waals surface area contributed by atoms with Crippen LogP contribution in [0.3, 0.4) is 0 Å². The fourth-order valence-electron chi connectivity index (χ4n) is 2.28. The second-order valence-electron chi connectivity index (χ2n) is 5.37. The maximum absolute atomic E-state index is 11.8. The number of rotatable bonds is 4. The molecule has 1 saturated heterocycles. The SMILES string of the molecule is CC1CC(=O)N(CCC(=O)Nc2ccc(N)cc2)C(=O)C1. The van der Waals surface area contributed by atoms with Crippen LogP contribution in [0.4, 0.5) is 11.4 Å². The molecule has 1 fully saturated rings. The number of imide groups is 1. The third-order valence-corrected chi connectivity index (χ3v) is 3.41. The number of hydrogen-bond acceptors (Lipinski definition) is 4. The van der Waals surface area contributed by atoms with Gasteiger partial charge in [0.05, 0.1) is 0 Å². The monoisotopic (exact) mass is 289 g/mol. The van der Waals surface area contributed by atoms with E-state index in [1.807, 2.05) is 6.92 Å². The molecule has 0 aromatic heterocycles. The van der Waals surface area contributed by atoms with Gasteiger partial charge in [0.1, 0.15) is 0 Å². The van der Waals surface area contributed by atoms with Gasteiger partial charge in [0, 0.05) is 37.2 Å². The van der Waals surface area contributed by atoms with Gasteiger partial charge in [-0.1, -0.05) is 6.92 Å². The van der Waals surface area contributed by atoms with E-state index in [-0.39, 0.29) is 36.6 Å². The number of carbonyl (C=O) groups excluding carboxylic acids is 3. The highest BCUT2D eigenvalue weighted by Gasteiger charge is 2.30. The molecule has 0 radical (unpaired) electrons. The molecule has 0 unspecified atom stereocenters. The van der Waals surface area contributed by atoms with Crippen molar-refractivity contribution in [3.63, 3.8) is 0 Å². The van der Waals surface area contributed by atoms with Gasteiger partial charge < -0.3 is 11.1 Å². The molecule has 1 aliphatic rings. The summed E-state index contributed by atoms with van der Waals surface area (Å²) in [6.45, 7) is 2.01. The summed E-state index contributed by atoms with van der Waals surface area (Å²) in [5.74, 6) is -0.540. The molecule has 6 nitrogen and oxygen atoms in total. The summed E-state index contributed by atoms with van der Waals surface area (Å²) in [6.07, 6.45) is 0.826. The van der Waals surface area contributed by atoms with E-state index >= 15 is 0 Å². The Bertz CT molecular complexity index is 536. The Morgan fingerprint density at radius 2 is 1.81 bits per heavy atom. The Morgan fingerprint density at radius 3 is 2.38 bits per heavy atom. The number of anilines is 2. The molecule has 1 heterocycles. The number of nitrogens with one attached hydrogen (secondary N) is 1. The fraction of sp³-hybridized carbons (Fsp3) is 0.400. The van der Waals surface area contributed by atoms with Crippen LogP contribution in [-0.2, 0) is 14.4 Å². The van der Waals surface area contributed by atoms with Crippen LogP contribution in [0.25, 0.3) is 0 Å². The molecule has 21 heavy (non-hydrogen) atoms. The zero-order valence-electron chi connectivity index (χ0n) is 12.0. The second kappa shape index (κ2) is 6.39. The van der Waals surface area contributed by atoms with Crippen molar-refractivity contribution >= 4 is 29.1 Å². The van der Waals surface area contributed by atoms with Gasteiger partial charge in [-0.05, 0) is 30.2 Å². The summed E-state index contributed by atoms with van der Waals surface area (Å²) in [5, 5.41) is 2.70. The third kappa shape index (κ3) is 4.05. The maximum atomic E-state index is 11.8. The van der Waals surface area contributed by atoms with Crippen LogP contribution in [0.2, 0.25) is 0 Å². The van der Waals surface area contributed by atoms with Gasteiger partial charge >= 0.3 is 0 Å². The van der Waals surface area contributed by atoms with Gasteiger partial charge in [0.15, 0.2) is 0 Å². The van der Waals surface area contributed by atoms with Crippen LogP contribution in [-0.4, -0.2) is 29.2 Å². The van der Waals surface area contributed by atoms with Crippen molar-refractivity contribution in [2.45, 2.75) is 26.2 Å². The highest BCUT2D eigenvalue weighted by atomic mass is 16.2. The minimum atomic E-state index is -0.237. The molecule has 6 heteroatoms. The standard InChI is InChI=1S/C15H19N3O3/c1-10-8-14(20)18(15(21)9-10)7-6-13(19)17-12-4-2-11(16)3-5-12/h2-5,10H,6-9,16H2,1H3,(H,17,19). The van der Waals surface area contributed by atoms with Gasteiger partial charge in [0.25, 0.3) is 0 Å². The van der Waals surface area contributed by atoms with Crippen molar-refractivity contribution in [1.82, 2.24) is 4.90 Å². The van der Waals surface area contributed by atoms with Gasteiger partial charge in [0.2, 0.25) is 17.7 Å². The lowest BCUT2D eigenvalue weighted by molar-refractivity contribution is -0.149. The van der Waals surface area contributed by atoms with Crippen LogP contribution < -0.4 is 11.1 Å². The molecular formula is C15H19N3O3. The maximum Gasteiger partial charge on any atom is 0.229 e. The number of piperidine rings is 1. The second-order valence-corrected chi connectivity index (χ2v) is 5.37. The molecule has 0 spiro atoms. The van der Waals surface area contributed by atoms with Gasteiger partial charge in [-0.2, -0.15) is 0 Å². The number of hydrogen-bond donors (Lipinski definition) is 2. The van der Waals surface area contributed by atoms with E-state index in [1.165, 1.54) is 4.90 Å². The summed E-state index contributed by atoms with van der Waals surface area (Å²) >= 11 is 0. The third-order valence-electron chi connectivity index (χ3n) is 3.41. The van der Waals surface area contributed by atoms with E-state index in [0.29, 0.717) is 24.2 Å². The predicted octanol–water partition coefficient (Wildman–Crippen LogP) is 1.38. The van der Waals surface area contributed by atoms with Crippen LogP contribution in [0.15, 0.2) is 24.3 Å². The molecule has 0 saturated carbocycles. The molecule has 0 bridgehead atoms. The molecular weight excluding hydrogens is 270 g/mol. The van der Waals surface area contributed by atoms with Gasteiger partial charge in [-0.25, -0.2) is 0 Å². The largest absolute Gasteiger partial charge is 0.399 e. The average molecular weight is 289 g/mol. The van der Waals surface area contributed by atoms with Crippen LogP contribution in [0, 0.1) is 5.92 Å². The minimum Gasteiger partial charge on any atom is -0.399 e. The van der Waals surface area contributed by atoms with E-state index < -0.39 is 0 Å². The molecule has 3 amide bonds. The van der Waals surface area contributed by atoms with Crippen LogP contribution in [0.1, 0.15) is 26.2 Å². The summed E-state index contributed by atoms with van der Waals surface area (Å²) in [6, 6.07) is 6.78. The average Bonchev–Trinajstić information content (AvgIpc) is 2.40. The number of nitrogens with zero attached hydrogens (tertiary/aromatic N) is 1.